The van der Waals surface area contributed by atoms with Crippen LogP contribution in [0.5, 0.6) is 5.75 Å². The van der Waals surface area contributed by atoms with Gasteiger partial charge in [-0.3, -0.25) is 19.3 Å². The van der Waals surface area contributed by atoms with Gasteiger partial charge in [-0.05, 0) is 89.6 Å². The second-order valence-corrected chi connectivity index (χ2v) is 8.53. The summed E-state index contributed by atoms with van der Waals surface area (Å²) in [5, 5.41) is 2.00. The number of amides is 3. The molecule has 1 saturated heterocycles. The third-order valence-electron chi connectivity index (χ3n) is 3.92. The molecule has 3 rings (SSSR count). The van der Waals surface area contributed by atoms with Crippen molar-refractivity contribution in [2.45, 2.75) is 20.0 Å². The largest absolute Gasteiger partial charge is 0.490 e. The van der Waals surface area contributed by atoms with Crippen LogP contribution in [0.15, 0.2) is 51.8 Å². The number of benzene rings is 2. The molecule has 6 nitrogen and oxygen atoms in total. The first kappa shape index (κ1) is 22.0. The van der Waals surface area contributed by atoms with E-state index in [0.29, 0.717) is 17.0 Å². The maximum atomic E-state index is 12.9. The Bertz CT molecular complexity index is 1020. The van der Waals surface area contributed by atoms with Crippen LogP contribution < -0.4 is 10.1 Å². The minimum Gasteiger partial charge on any atom is -0.490 e. The van der Waals surface area contributed by atoms with Gasteiger partial charge in [0.2, 0.25) is 5.91 Å². The van der Waals surface area contributed by atoms with E-state index in [4.69, 9.17) is 4.74 Å². The second-order valence-electron chi connectivity index (χ2n) is 6.68. The Morgan fingerprint density at radius 1 is 1.23 bits per heavy atom. The van der Waals surface area contributed by atoms with E-state index in [0.717, 1.165) is 21.1 Å². The number of thioether (sulfide) groups is 1. The molecule has 0 radical (unpaired) electrons. The van der Waals surface area contributed by atoms with Crippen molar-refractivity contribution in [1.29, 1.82) is 0 Å². The lowest BCUT2D eigenvalue weighted by Crippen LogP contribution is -2.36. The smallest absolute Gasteiger partial charge is 0.294 e. The number of carbonyl (C=O) groups is 3. The van der Waals surface area contributed by atoms with Crippen LogP contribution in [0.3, 0.4) is 0 Å². The van der Waals surface area contributed by atoms with Crippen molar-refractivity contribution in [3.05, 3.63) is 63.2 Å². The maximum Gasteiger partial charge on any atom is 0.294 e. The quantitative estimate of drug-likeness (QED) is 0.570. The fourth-order valence-corrected chi connectivity index (χ4v) is 3.95. The van der Waals surface area contributed by atoms with Crippen LogP contribution in [0, 0.1) is 5.82 Å². The number of nitrogens with zero attached hydrogens (tertiary/aromatic N) is 1. The number of anilines is 1. The highest BCUT2D eigenvalue weighted by atomic mass is 79.9. The molecule has 0 unspecified atom stereocenters. The Morgan fingerprint density at radius 3 is 2.57 bits per heavy atom. The third-order valence-corrected chi connectivity index (χ3v) is 5.45. The van der Waals surface area contributed by atoms with Gasteiger partial charge >= 0.3 is 0 Å². The molecule has 1 fully saturated rings. The van der Waals surface area contributed by atoms with Crippen molar-refractivity contribution in [3.8, 4) is 5.75 Å². The summed E-state index contributed by atoms with van der Waals surface area (Å²) in [6, 6.07) is 10.5. The molecule has 0 aromatic heterocycles. The molecule has 0 bridgehead atoms. The summed E-state index contributed by atoms with van der Waals surface area (Å²) < 4.78 is 19.3. The zero-order valence-corrected chi connectivity index (χ0v) is 18.6. The van der Waals surface area contributed by atoms with Gasteiger partial charge in [-0.25, -0.2) is 4.39 Å². The predicted octanol–water partition coefficient (Wildman–Crippen LogP) is 5.05. The number of hydrogen-bond donors (Lipinski definition) is 1. The van der Waals surface area contributed by atoms with Crippen LogP contribution in [0.25, 0.3) is 6.08 Å². The molecule has 0 spiro atoms. The number of ether oxygens (including phenoxy) is 1. The lowest BCUT2D eigenvalue weighted by Gasteiger charge is -2.12. The summed E-state index contributed by atoms with van der Waals surface area (Å²) in [5.41, 5.74) is 1.08. The number of rotatable bonds is 6. The summed E-state index contributed by atoms with van der Waals surface area (Å²) >= 11 is 4.20. The van der Waals surface area contributed by atoms with E-state index in [1.807, 2.05) is 13.8 Å². The van der Waals surface area contributed by atoms with E-state index in [9.17, 15) is 18.8 Å². The minimum atomic E-state index is -0.553. The van der Waals surface area contributed by atoms with Gasteiger partial charge in [0.1, 0.15) is 18.1 Å². The highest BCUT2D eigenvalue weighted by Gasteiger charge is 2.36. The molecule has 9 heteroatoms. The first-order valence-corrected chi connectivity index (χ1v) is 10.6. The number of halogens is 2. The van der Waals surface area contributed by atoms with Gasteiger partial charge in [0.15, 0.2) is 0 Å². The standard InChI is InChI=1S/C21H18BrFN2O4S/c1-12(2)29-17-8-3-13(9-16(17)22)10-18-20(27)25(21(28)30-18)11-19(26)24-15-6-4-14(23)5-7-15/h3-10,12H,11H2,1-2H3,(H,24,26)/b18-10-. The molecule has 2 aromatic rings. The van der Waals surface area contributed by atoms with Crippen molar-refractivity contribution in [2.24, 2.45) is 0 Å². The molecular formula is C21H18BrFN2O4S. The van der Waals surface area contributed by atoms with E-state index in [1.54, 1.807) is 24.3 Å². The van der Waals surface area contributed by atoms with Crippen molar-refractivity contribution in [3.63, 3.8) is 0 Å². The molecule has 1 aliphatic heterocycles. The van der Waals surface area contributed by atoms with Crippen LogP contribution >= 0.6 is 27.7 Å². The SMILES string of the molecule is CC(C)Oc1ccc(/C=C2\SC(=O)N(CC(=O)Nc3ccc(F)cc3)C2=O)cc1Br. The number of hydrogen-bond acceptors (Lipinski definition) is 5. The lowest BCUT2D eigenvalue weighted by atomic mass is 10.2. The highest BCUT2D eigenvalue weighted by Crippen LogP contribution is 2.34. The summed E-state index contributed by atoms with van der Waals surface area (Å²) in [6.07, 6.45) is 1.61. The van der Waals surface area contributed by atoms with Gasteiger partial charge in [0.05, 0.1) is 15.5 Å². The molecule has 1 N–H and O–H groups in total. The average Bonchev–Trinajstić information content (AvgIpc) is 2.93. The van der Waals surface area contributed by atoms with E-state index < -0.39 is 29.4 Å². The molecule has 0 atom stereocenters. The molecule has 1 aliphatic rings. The van der Waals surface area contributed by atoms with Crippen LogP contribution in [0.2, 0.25) is 0 Å². The summed E-state index contributed by atoms with van der Waals surface area (Å²) in [6.45, 7) is 3.41. The van der Waals surface area contributed by atoms with Gasteiger partial charge in [0.25, 0.3) is 11.1 Å². The Hall–Kier alpha value is -2.65. The molecule has 0 saturated carbocycles. The Kier molecular flexibility index (Phi) is 6.94. The van der Waals surface area contributed by atoms with Crippen molar-refractivity contribution < 1.29 is 23.5 Å². The molecule has 30 heavy (non-hydrogen) atoms. The Balaban J connectivity index is 1.68. The van der Waals surface area contributed by atoms with E-state index in [1.165, 1.54) is 24.3 Å². The first-order chi connectivity index (χ1) is 14.2. The number of imide groups is 1. The summed E-state index contributed by atoms with van der Waals surface area (Å²) in [4.78, 5) is 38.1. The maximum absolute atomic E-state index is 12.9. The second kappa shape index (κ2) is 9.44. The molecule has 2 aromatic carbocycles. The van der Waals surface area contributed by atoms with E-state index in [2.05, 4.69) is 21.2 Å². The van der Waals surface area contributed by atoms with Gasteiger partial charge in [-0.1, -0.05) is 6.07 Å². The van der Waals surface area contributed by atoms with Crippen LogP contribution in [0.1, 0.15) is 19.4 Å². The van der Waals surface area contributed by atoms with Gasteiger partial charge in [-0.15, -0.1) is 0 Å². The fraction of sp³-hybridized carbons (Fsp3) is 0.190. The van der Waals surface area contributed by atoms with Gasteiger partial charge in [-0.2, -0.15) is 0 Å². The topological polar surface area (TPSA) is 75.7 Å². The number of nitrogens with one attached hydrogen (secondary N) is 1. The Morgan fingerprint density at radius 2 is 1.93 bits per heavy atom. The summed E-state index contributed by atoms with van der Waals surface area (Å²) in [5.74, 6) is -0.854. The Labute approximate surface area is 185 Å². The van der Waals surface area contributed by atoms with E-state index in [-0.39, 0.29) is 11.0 Å². The summed E-state index contributed by atoms with van der Waals surface area (Å²) in [7, 11) is 0. The molecule has 1 heterocycles. The molecular weight excluding hydrogens is 475 g/mol. The number of carbonyl (C=O) groups excluding carboxylic acids is 3. The average molecular weight is 493 g/mol. The van der Waals surface area contributed by atoms with E-state index >= 15 is 0 Å². The molecule has 3 amide bonds. The fourth-order valence-electron chi connectivity index (χ4n) is 2.62. The lowest BCUT2D eigenvalue weighted by molar-refractivity contribution is -0.127. The first-order valence-electron chi connectivity index (χ1n) is 9.00. The zero-order chi connectivity index (χ0) is 21.8. The third kappa shape index (κ3) is 5.48. The van der Waals surface area contributed by atoms with Crippen molar-refractivity contribution in [1.82, 2.24) is 4.90 Å². The predicted molar refractivity (Wildman–Crippen MR) is 118 cm³/mol. The van der Waals surface area contributed by atoms with Crippen molar-refractivity contribution >= 4 is 56.5 Å². The van der Waals surface area contributed by atoms with Gasteiger partial charge in [0, 0.05) is 5.69 Å². The monoisotopic (exact) mass is 492 g/mol. The minimum absolute atomic E-state index is 0.0182. The molecule has 156 valence electrons. The zero-order valence-electron chi connectivity index (χ0n) is 16.1. The van der Waals surface area contributed by atoms with Crippen LogP contribution in [-0.4, -0.2) is 34.6 Å². The van der Waals surface area contributed by atoms with Crippen molar-refractivity contribution in [2.75, 3.05) is 11.9 Å². The normalized spacial score (nSPS) is 15.2. The molecule has 0 aliphatic carbocycles. The van der Waals surface area contributed by atoms with Crippen LogP contribution in [0.4, 0.5) is 14.9 Å². The van der Waals surface area contributed by atoms with Gasteiger partial charge < -0.3 is 10.1 Å². The van der Waals surface area contributed by atoms with Crippen LogP contribution in [-0.2, 0) is 9.59 Å². The highest BCUT2D eigenvalue weighted by molar-refractivity contribution is 9.10.